The molecule has 2 rings (SSSR count). The monoisotopic (exact) mass is 323 g/mol. The Hall–Kier alpha value is -1.30. The number of hydrogen-bond donors (Lipinski definition) is 2. The Morgan fingerprint density at radius 1 is 1.37 bits per heavy atom. The van der Waals surface area contributed by atoms with Crippen molar-refractivity contribution in [2.75, 3.05) is 0 Å². The van der Waals surface area contributed by atoms with Gasteiger partial charge in [0.25, 0.3) is 0 Å². The number of aromatic nitrogens is 1. The predicted octanol–water partition coefficient (Wildman–Crippen LogP) is 3.04. The number of benzene rings is 1. The minimum absolute atomic E-state index is 0.0998. The fourth-order valence-corrected chi connectivity index (χ4v) is 2.19. The van der Waals surface area contributed by atoms with Crippen LogP contribution in [-0.2, 0) is 6.42 Å². The Balaban J connectivity index is 2.21. The Labute approximate surface area is 120 Å². The molecule has 0 aliphatic rings. The minimum Gasteiger partial charge on any atom is -0.271 e. The van der Waals surface area contributed by atoms with Crippen molar-refractivity contribution in [3.63, 3.8) is 0 Å². The highest BCUT2D eigenvalue weighted by molar-refractivity contribution is 9.10. The molecule has 0 aliphatic carbocycles. The first-order valence-electron chi connectivity index (χ1n) is 5.92. The Bertz CT molecular complexity index is 557. The van der Waals surface area contributed by atoms with Gasteiger partial charge in [0.1, 0.15) is 5.82 Å². The van der Waals surface area contributed by atoms with Crippen LogP contribution >= 0.6 is 15.9 Å². The maximum absolute atomic E-state index is 13.1. The van der Waals surface area contributed by atoms with Gasteiger partial charge in [0, 0.05) is 10.7 Å². The summed E-state index contributed by atoms with van der Waals surface area (Å²) in [5.74, 6) is 5.37. The zero-order valence-corrected chi connectivity index (χ0v) is 12.1. The van der Waals surface area contributed by atoms with Crippen LogP contribution in [0.1, 0.15) is 22.9 Å². The Morgan fingerprint density at radius 2 is 2.16 bits per heavy atom. The lowest BCUT2D eigenvalue weighted by Crippen LogP contribution is -2.30. The number of nitrogens with two attached hydrogens (primary N) is 1. The smallest absolute Gasteiger partial charge is 0.123 e. The number of pyridine rings is 1. The van der Waals surface area contributed by atoms with Crippen LogP contribution in [0, 0.1) is 12.7 Å². The highest BCUT2D eigenvalue weighted by Gasteiger charge is 2.13. The lowest BCUT2D eigenvalue weighted by molar-refractivity contribution is 0.536. The zero-order chi connectivity index (χ0) is 13.8. The number of rotatable bonds is 4. The van der Waals surface area contributed by atoms with Crippen molar-refractivity contribution in [1.82, 2.24) is 10.4 Å². The van der Waals surface area contributed by atoms with Gasteiger partial charge in [-0.2, -0.15) is 0 Å². The molecular weight excluding hydrogens is 309 g/mol. The number of nitrogens with zero attached hydrogens (tertiary/aromatic N) is 1. The summed E-state index contributed by atoms with van der Waals surface area (Å²) in [5.41, 5.74) is 5.58. The maximum Gasteiger partial charge on any atom is 0.123 e. The van der Waals surface area contributed by atoms with Crippen LogP contribution in [0.5, 0.6) is 0 Å². The van der Waals surface area contributed by atoms with E-state index in [9.17, 15) is 4.39 Å². The minimum atomic E-state index is -0.222. The van der Waals surface area contributed by atoms with Gasteiger partial charge in [-0.3, -0.25) is 16.3 Å². The zero-order valence-electron chi connectivity index (χ0n) is 10.5. The number of hydrogen-bond acceptors (Lipinski definition) is 3. The molecule has 0 saturated heterocycles. The van der Waals surface area contributed by atoms with Crippen LogP contribution in [0.2, 0.25) is 0 Å². The van der Waals surface area contributed by atoms with Crippen molar-refractivity contribution in [3.8, 4) is 0 Å². The molecular formula is C14H15BrFN3. The first-order valence-corrected chi connectivity index (χ1v) is 6.72. The lowest BCUT2D eigenvalue weighted by atomic mass is 9.99. The molecule has 0 bridgehead atoms. The van der Waals surface area contributed by atoms with Crippen LogP contribution in [0.3, 0.4) is 0 Å². The largest absolute Gasteiger partial charge is 0.271 e. The lowest BCUT2D eigenvalue weighted by Gasteiger charge is -2.16. The molecule has 100 valence electrons. The second-order valence-corrected chi connectivity index (χ2v) is 5.31. The number of hydrazine groups is 1. The standard InChI is InChI=1S/C14H15BrFN3/c1-9-6-12(16)4-2-10(9)7-14(19-17)13-5-3-11(15)8-18-13/h2-6,8,14,19H,7,17H2,1H3. The molecule has 0 radical (unpaired) electrons. The van der Waals surface area contributed by atoms with Gasteiger partial charge in [-0.25, -0.2) is 4.39 Å². The molecule has 1 atom stereocenters. The van der Waals surface area contributed by atoms with Gasteiger partial charge < -0.3 is 0 Å². The Kier molecular flexibility index (Phi) is 4.63. The van der Waals surface area contributed by atoms with E-state index in [1.165, 1.54) is 12.1 Å². The van der Waals surface area contributed by atoms with Gasteiger partial charge >= 0.3 is 0 Å². The molecule has 5 heteroatoms. The average molecular weight is 324 g/mol. The summed E-state index contributed by atoms with van der Waals surface area (Å²) in [5, 5.41) is 0. The summed E-state index contributed by atoms with van der Waals surface area (Å²) in [6.45, 7) is 1.89. The third-order valence-corrected chi connectivity index (χ3v) is 3.51. The van der Waals surface area contributed by atoms with Crippen LogP contribution in [0.4, 0.5) is 4.39 Å². The van der Waals surface area contributed by atoms with E-state index in [4.69, 9.17) is 5.84 Å². The fraction of sp³-hybridized carbons (Fsp3) is 0.214. The van der Waals surface area contributed by atoms with Crippen molar-refractivity contribution < 1.29 is 4.39 Å². The number of nitrogens with one attached hydrogen (secondary N) is 1. The average Bonchev–Trinajstić information content (AvgIpc) is 2.39. The van der Waals surface area contributed by atoms with Gasteiger partial charge in [0.05, 0.1) is 11.7 Å². The molecule has 19 heavy (non-hydrogen) atoms. The molecule has 2 aromatic rings. The first kappa shape index (κ1) is 14.1. The highest BCUT2D eigenvalue weighted by atomic mass is 79.9. The summed E-state index contributed by atoms with van der Waals surface area (Å²) in [6, 6.07) is 8.51. The van der Waals surface area contributed by atoms with Crippen molar-refractivity contribution in [1.29, 1.82) is 0 Å². The van der Waals surface area contributed by atoms with E-state index in [1.54, 1.807) is 12.3 Å². The van der Waals surface area contributed by atoms with Crippen molar-refractivity contribution in [3.05, 3.63) is 63.6 Å². The van der Waals surface area contributed by atoms with E-state index in [0.717, 1.165) is 21.3 Å². The van der Waals surface area contributed by atoms with Gasteiger partial charge in [0.15, 0.2) is 0 Å². The molecule has 1 heterocycles. The molecule has 1 aromatic heterocycles. The van der Waals surface area contributed by atoms with Gasteiger partial charge in [-0.15, -0.1) is 0 Å². The van der Waals surface area contributed by atoms with Crippen LogP contribution in [0.25, 0.3) is 0 Å². The topological polar surface area (TPSA) is 50.9 Å². The van der Waals surface area contributed by atoms with Crippen molar-refractivity contribution in [2.24, 2.45) is 5.84 Å². The van der Waals surface area contributed by atoms with Crippen LogP contribution < -0.4 is 11.3 Å². The van der Waals surface area contributed by atoms with E-state index >= 15 is 0 Å². The van der Waals surface area contributed by atoms with Crippen molar-refractivity contribution >= 4 is 15.9 Å². The van der Waals surface area contributed by atoms with Crippen LogP contribution in [0.15, 0.2) is 41.0 Å². The summed E-state index contributed by atoms with van der Waals surface area (Å²) >= 11 is 3.35. The molecule has 0 amide bonds. The van der Waals surface area contributed by atoms with Crippen LogP contribution in [-0.4, -0.2) is 4.98 Å². The maximum atomic E-state index is 13.1. The normalized spacial score (nSPS) is 12.4. The van der Waals surface area contributed by atoms with Crippen molar-refractivity contribution in [2.45, 2.75) is 19.4 Å². The SMILES string of the molecule is Cc1cc(F)ccc1CC(NN)c1ccc(Br)cn1. The third-order valence-electron chi connectivity index (χ3n) is 3.04. The summed E-state index contributed by atoms with van der Waals surface area (Å²) in [7, 11) is 0. The summed E-state index contributed by atoms with van der Waals surface area (Å²) in [6.07, 6.45) is 2.40. The van der Waals surface area contributed by atoms with E-state index in [1.807, 2.05) is 19.1 Å². The van der Waals surface area contributed by atoms with Gasteiger partial charge in [-0.1, -0.05) is 6.07 Å². The number of aryl methyl sites for hydroxylation is 1. The molecule has 0 aliphatic heterocycles. The predicted molar refractivity (Wildman–Crippen MR) is 76.8 cm³/mol. The van der Waals surface area contributed by atoms with Gasteiger partial charge in [-0.05, 0) is 64.7 Å². The van der Waals surface area contributed by atoms with E-state index < -0.39 is 0 Å². The third kappa shape index (κ3) is 3.59. The molecule has 3 N–H and O–H groups in total. The molecule has 0 spiro atoms. The summed E-state index contributed by atoms with van der Waals surface area (Å²) in [4.78, 5) is 4.33. The first-order chi connectivity index (χ1) is 9.10. The molecule has 1 unspecified atom stereocenters. The highest BCUT2D eigenvalue weighted by Crippen LogP contribution is 2.20. The second kappa shape index (κ2) is 6.23. The van der Waals surface area contributed by atoms with E-state index in [0.29, 0.717) is 6.42 Å². The number of halogens is 2. The summed E-state index contributed by atoms with van der Waals surface area (Å²) < 4.78 is 14.0. The molecule has 0 saturated carbocycles. The van der Waals surface area contributed by atoms with E-state index in [-0.39, 0.29) is 11.9 Å². The Morgan fingerprint density at radius 3 is 2.74 bits per heavy atom. The quantitative estimate of drug-likeness (QED) is 0.671. The van der Waals surface area contributed by atoms with E-state index in [2.05, 4.69) is 26.3 Å². The van der Waals surface area contributed by atoms with Gasteiger partial charge in [0.2, 0.25) is 0 Å². The molecule has 3 nitrogen and oxygen atoms in total. The molecule has 1 aromatic carbocycles. The fourth-order valence-electron chi connectivity index (χ4n) is 1.95. The molecule has 0 fully saturated rings. The second-order valence-electron chi connectivity index (χ2n) is 4.40.